The molecule has 2 aromatic rings. The second kappa shape index (κ2) is 23.3. The molecule has 0 unspecified atom stereocenters. The Bertz CT molecular complexity index is 962. The smallest absolute Gasteiger partial charge is 0.305 e. The molecule has 1 aromatic carbocycles. The van der Waals surface area contributed by atoms with Gasteiger partial charge in [0.1, 0.15) is 13.2 Å². The lowest BCUT2D eigenvalue weighted by Gasteiger charge is -2.40. The maximum atomic E-state index is 12.4. The van der Waals surface area contributed by atoms with Crippen LogP contribution in [0.4, 0.5) is 0 Å². The molecule has 0 radical (unpaired) electrons. The summed E-state index contributed by atoms with van der Waals surface area (Å²) in [6, 6.07) is 12.8. The summed E-state index contributed by atoms with van der Waals surface area (Å²) in [5, 5.41) is 1.27. The van der Waals surface area contributed by atoms with Crippen LogP contribution in [0.25, 0.3) is 10.9 Å². The molecule has 1 fully saturated rings. The number of ether oxygens (including phenoxy) is 2. The van der Waals surface area contributed by atoms with Crippen LogP contribution in [0.1, 0.15) is 122 Å². The van der Waals surface area contributed by atoms with E-state index < -0.39 is 0 Å². The summed E-state index contributed by atoms with van der Waals surface area (Å²) in [5.74, 6) is 2.04. The third-order valence-electron chi connectivity index (χ3n) is 8.47. The van der Waals surface area contributed by atoms with Gasteiger partial charge >= 0.3 is 5.97 Å². The van der Waals surface area contributed by atoms with Crippen molar-refractivity contribution in [3.8, 4) is 0 Å². The second-order valence-electron chi connectivity index (χ2n) is 12.4. The summed E-state index contributed by atoms with van der Waals surface area (Å²) in [5.41, 5.74) is 1.31. The predicted octanol–water partition coefficient (Wildman–Crippen LogP) is 6.47. The zero-order valence-corrected chi connectivity index (χ0v) is 28.9. The van der Waals surface area contributed by atoms with Gasteiger partial charge in [0.2, 0.25) is 5.52 Å². The first-order chi connectivity index (χ1) is 20.2. The first-order valence-electron chi connectivity index (χ1n) is 16.9. The Morgan fingerprint density at radius 2 is 1.36 bits per heavy atom. The Morgan fingerprint density at radius 3 is 2.00 bits per heavy atom. The van der Waals surface area contributed by atoms with Crippen LogP contribution in [-0.2, 0) is 20.8 Å². The minimum absolute atomic E-state index is 0. The summed E-state index contributed by atoms with van der Waals surface area (Å²) in [4.78, 5) is 12.4. The molecule has 0 bridgehead atoms. The molecule has 42 heavy (non-hydrogen) atoms. The highest BCUT2D eigenvalue weighted by atomic mass is 79.9. The Balaban J connectivity index is 0.00000616. The minimum Gasteiger partial charge on any atom is -1.00 e. The molecule has 3 rings (SSSR count). The molecule has 0 saturated carbocycles. The number of carbonyl (C=O) groups excluding carboxylic acids is 1. The van der Waals surface area contributed by atoms with E-state index in [1.165, 1.54) is 94.4 Å². The SMILES string of the molecule is CCCCCCCCCCCCCCCCOCC1(COC(=O)CCCCC[n+]2cccc3ccccc32)CSC1.[Br-]. The minimum atomic E-state index is -0.0499. The fourth-order valence-corrected chi connectivity index (χ4v) is 6.85. The normalized spacial score (nSPS) is 13.9. The summed E-state index contributed by atoms with van der Waals surface area (Å²) < 4.78 is 14.1. The number of rotatable bonds is 25. The van der Waals surface area contributed by atoms with Crippen LogP contribution < -0.4 is 21.5 Å². The van der Waals surface area contributed by atoms with Crippen molar-refractivity contribution >= 4 is 28.6 Å². The number of pyridine rings is 1. The largest absolute Gasteiger partial charge is 1.00 e. The monoisotopic (exact) mass is 663 g/mol. The number of hydrogen-bond acceptors (Lipinski definition) is 4. The fraction of sp³-hybridized carbons (Fsp3) is 0.722. The molecule has 0 amide bonds. The van der Waals surface area contributed by atoms with Crippen molar-refractivity contribution in [2.45, 2.75) is 129 Å². The van der Waals surface area contributed by atoms with Gasteiger partial charge in [-0.05, 0) is 31.4 Å². The molecule has 6 heteroatoms. The van der Waals surface area contributed by atoms with Crippen LogP contribution in [0.5, 0.6) is 0 Å². The second-order valence-corrected chi connectivity index (χ2v) is 13.4. The molecule has 1 aliphatic heterocycles. The van der Waals surface area contributed by atoms with E-state index >= 15 is 0 Å². The molecule has 0 N–H and O–H groups in total. The highest BCUT2D eigenvalue weighted by Gasteiger charge is 2.39. The number of fused-ring (bicyclic) bond motifs is 1. The van der Waals surface area contributed by atoms with E-state index in [1.807, 2.05) is 11.8 Å². The summed E-state index contributed by atoms with van der Waals surface area (Å²) >= 11 is 1.93. The van der Waals surface area contributed by atoms with Crippen molar-refractivity contribution in [1.29, 1.82) is 0 Å². The zero-order valence-electron chi connectivity index (χ0n) is 26.5. The van der Waals surface area contributed by atoms with Gasteiger partial charge in [-0.3, -0.25) is 4.79 Å². The molecule has 4 nitrogen and oxygen atoms in total. The van der Waals surface area contributed by atoms with Crippen molar-refractivity contribution in [3.05, 3.63) is 42.6 Å². The predicted molar refractivity (Wildman–Crippen MR) is 174 cm³/mol. The molecule has 1 aliphatic rings. The lowest BCUT2D eigenvalue weighted by atomic mass is 9.94. The average Bonchev–Trinajstić information content (AvgIpc) is 2.97. The molecule has 1 saturated heterocycles. The van der Waals surface area contributed by atoms with E-state index in [0.29, 0.717) is 13.0 Å². The van der Waals surface area contributed by atoms with Gasteiger partial charge in [-0.2, -0.15) is 16.3 Å². The number of unbranched alkanes of at least 4 members (excludes halogenated alkanes) is 15. The number of aromatic nitrogens is 1. The summed E-state index contributed by atoms with van der Waals surface area (Å²) in [6.07, 6.45) is 25.0. The van der Waals surface area contributed by atoms with Gasteiger partial charge in [0, 0.05) is 53.9 Å². The fourth-order valence-electron chi connectivity index (χ4n) is 5.74. The highest BCUT2D eigenvalue weighted by Crippen LogP contribution is 2.38. The lowest BCUT2D eigenvalue weighted by Crippen LogP contribution is -3.00. The third kappa shape index (κ3) is 15.1. The van der Waals surface area contributed by atoms with E-state index in [4.69, 9.17) is 9.47 Å². The number of carbonyl (C=O) groups is 1. The molecular formula is C36H58BrNO3S. The van der Waals surface area contributed by atoms with Gasteiger partial charge in [0.15, 0.2) is 6.20 Å². The highest BCUT2D eigenvalue weighted by molar-refractivity contribution is 8.00. The van der Waals surface area contributed by atoms with E-state index in [9.17, 15) is 4.79 Å². The molecule has 0 atom stereocenters. The van der Waals surface area contributed by atoms with Crippen LogP contribution in [0.15, 0.2) is 42.6 Å². The molecule has 238 valence electrons. The molecule has 0 spiro atoms. The summed E-state index contributed by atoms with van der Waals surface area (Å²) in [7, 11) is 0. The van der Waals surface area contributed by atoms with E-state index in [2.05, 4.69) is 54.1 Å². The number of aryl methyl sites for hydroxylation is 1. The Kier molecular flexibility index (Phi) is 20.6. The van der Waals surface area contributed by atoms with Gasteiger partial charge in [0.05, 0.1) is 6.61 Å². The Hall–Kier alpha value is -1.11. The topological polar surface area (TPSA) is 39.4 Å². The van der Waals surface area contributed by atoms with Crippen LogP contribution in [0.2, 0.25) is 0 Å². The number of halogens is 1. The molecule has 2 heterocycles. The van der Waals surface area contributed by atoms with Crippen LogP contribution in [0, 0.1) is 5.41 Å². The van der Waals surface area contributed by atoms with Gasteiger partial charge < -0.3 is 26.5 Å². The number of esters is 1. The van der Waals surface area contributed by atoms with Crippen molar-refractivity contribution < 1.29 is 35.8 Å². The quantitative estimate of drug-likeness (QED) is 0.0694. The summed E-state index contributed by atoms with van der Waals surface area (Å²) in [6.45, 7) is 5.35. The van der Waals surface area contributed by atoms with Crippen LogP contribution in [-0.4, -0.2) is 37.3 Å². The van der Waals surface area contributed by atoms with Crippen LogP contribution in [0.3, 0.4) is 0 Å². The number of nitrogens with zero attached hydrogens (tertiary/aromatic N) is 1. The third-order valence-corrected chi connectivity index (χ3v) is 10.1. The average molecular weight is 665 g/mol. The van der Waals surface area contributed by atoms with Crippen molar-refractivity contribution in [2.24, 2.45) is 5.41 Å². The van der Waals surface area contributed by atoms with Gasteiger partial charge in [-0.1, -0.05) is 103 Å². The van der Waals surface area contributed by atoms with Crippen molar-refractivity contribution in [1.82, 2.24) is 0 Å². The van der Waals surface area contributed by atoms with Gasteiger partial charge in [-0.25, -0.2) is 0 Å². The van der Waals surface area contributed by atoms with Crippen molar-refractivity contribution in [2.75, 3.05) is 31.3 Å². The number of para-hydroxylation sites is 1. The van der Waals surface area contributed by atoms with Crippen LogP contribution >= 0.6 is 11.8 Å². The molecule has 1 aromatic heterocycles. The van der Waals surface area contributed by atoms with E-state index in [0.717, 1.165) is 56.9 Å². The lowest BCUT2D eigenvalue weighted by molar-refractivity contribution is -0.671. The molecule has 0 aliphatic carbocycles. The van der Waals surface area contributed by atoms with E-state index in [1.54, 1.807) is 0 Å². The van der Waals surface area contributed by atoms with E-state index in [-0.39, 0.29) is 28.4 Å². The maximum absolute atomic E-state index is 12.4. The Labute approximate surface area is 271 Å². The number of thioether (sulfide) groups is 1. The zero-order chi connectivity index (χ0) is 28.9. The first kappa shape index (κ1) is 37.1. The number of hydrogen-bond donors (Lipinski definition) is 0. The van der Waals surface area contributed by atoms with Gasteiger partial charge in [-0.15, -0.1) is 0 Å². The van der Waals surface area contributed by atoms with Gasteiger partial charge in [0.25, 0.3) is 0 Å². The Morgan fingerprint density at radius 1 is 0.762 bits per heavy atom. The van der Waals surface area contributed by atoms with Crippen molar-refractivity contribution in [3.63, 3.8) is 0 Å². The first-order valence-corrected chi connectivity index (χ1v) is 18.1. The maximum Gasteiger partial charge on any atom is 0.305 e. The molecular weight excluding hydrogens is 606 g/mol. The number of benzene rings is 1. The standard InChI is InChI=1S/C36H58NO3S.BrH/c1-2-3-4-5-6-7-8-9-10-11-12-13-14-20-28-39-29-36(31-41-32-36)30-40-35(38)25-16-15-19-26-37-27-21-23-33-22-17-18-24-34(33)37;/h17-18,21-24,27H,2-16,19-20,25-26,28-32H2,1H3;1H/q+1;/p-1.